The van der Waals surface area contributed by atoms with Crippen LogP contribution in [0.3, 0.4) is 0 Å². The van der Waals surface area contributed by atoms with E-state index in [-0.39, 0.29) is 34.2 Å². The minimum absolute atomic E-state index is 0.0627. The molecule has 2 aromatic rings. The summed E-state index contributed by atoms with van der Waals surface area (Å²) in [6.45, 7) is 3.46. The summed E-state index contributed by atoms with van der Waals surface area (Å²) in [4.78, 5) is 27.3. The van der Waals surface area contributed by atoms with E-state index in [2.05, 4.69) is 17.0 Å². The van der Waals surface area contributed by atoms with Crippen LogP contribution in [0.25, 0.3) is 0 Å². The molecule has 1 atom stereocenters. The number of ketones is 2. The number of fused-ring (bicyclic) bond motifs is 1. The summed E-state index contributed by atoms with van der Waals surface area (Å²) >= 11 is 0. The Morgan fingerprint density at radius 2 is 1.83 bits per heavy atom. The van der Waals surface area contributed by atoms with Gasteiger partial charge in [0.15, 0.2) is 11.6 Å². The van der Waals surface area contributed by atoms with Crippen LogP contribution in [0.4, 0.5) is 0 Å². The van der Waals surface area contributed by atoms with Gasteiger partial charge in [-0.25, -0.2) is 0 Å². The second-order valence-corrected chi connectivity index (χ2v) is 8.30. The topological polar surface area (TPSA) is 77.8 Å². The monoisotopic (exact) mass is 405 g/mol. The molecule has 1 fully saturated rings. The van der Waals surface area contributed by atoms with Crippen molar-refractivity contribution in [2.75, 3.05) is 13.1 Å². The Morgan fingerprint density at radius 3 is 2.60 bits per heavy atom. The van der Waals surface area contributed by atoms with E-state index in [1.54, 1.807) is 6.92 Å². The number of hydrogen-bond acceptors (Lipinski definition) is 5. The molecule has 1 aliphatic heterocycles. The molecule has 0 spiro atoms. The molecule has 5 heteroatoms. The Labute approximate surface area is 176 Å². The summed E-state index contributed by atoms with van der Waals surface area (Å²) in [6.07, 6.45) is 5.98. The SMILES string of the molecule is CC1=CC(=O)c2c(O)c(CC3CCCCN3CCc3ccccc3)cc(O)c2C1=O. The fraction of sp³-hybridized carbons (Fsp3) is 0.360. The summed E-state index contributed by atoms with van der Waals surface area (Å²) in [6, 6.07) is 12.0. The summed E-state index contributed by atoms with van der Waals surface area (Å²) in [5.41, 5.74) is 1.95. The predicted molar refractivity (Wildman–Crippen MR) is 115 cm³/mol. The summed E-state index contributed by atoms with van der Waals surface area (Å²) in [7, 11) is 0. The number of rotatable bonds is 5. The quantitative estimate of drug-likeness (QED) is 0.734. The van der Waals surface area contributed by atoms with Gasteiger partial charge in [0, 0.05) is 18.2 Å². The number of carbonyl (C=O) groups is 2. The average molecular weight is 405 g/mol. The van der Waals surface area contributed by atoms with Crippen LogP contribution in [0.15, 0.2) is 48.0 Å². The third-order valence-corrected chi connectivity index (χ3v) is 6.27. The summed E-state index contributed by atoms with van der Waals surface area (Å²) in [5, 5.41) is 21.3. The van der Waals surface area contributed by atoms with E-state index >= 15 is 0 Å². The second kappa shape index (κ2) is 8.44. The molecule has 0 bridgehead atoms. The molecule has 2 aromatic carbocycles. The van der Waals surface area contributed by atoms with Crippen LogP contribution in [0.2, 0.25) is 0 Å². The van der Waals surface area contributed by atoms with Gasteiger partial charge in [-0.15, -0.1) is 0 Å². The number of likely N-dealkylation sites (tertiary alicyclic amines) is 1. The van der Waals surface area contributed by atoms with Gasteiger partial charge in [-0.3, -0.25) is 14.5 Å². The molecule has 0 amide bonds. The Hall–Kier alpha value is -2.92. The lowest BCUT2D eigenvalue weighted by atomic mass is 9.85. The molecule has 1 unspecified atom stereocenters. The van der Waals surface area contributed by atoms with Crippen molar-refractivity contribution in [1.29, 1.82) is 0 Å². The van der Waals surface area contributed by atoms with Crippen molar-refractivity contribution in [2.24, 2.45) is 0 Å². The van der Waals surface area contributed by atoms with Crippen molar-refractivity contribution in [3.63, 3.8) is 0 Å². The van der Waals surface area contributed by atoms with E-state index in [1.807, 2.05) is 18.2 Å². The molecule has 0 saturated carbocycles. The molecule has 0 aromatic heterocycles. The molecule has 0 radical (unpaired) electrons. The minimum atomic E-state index is -0.429. The number of benzene rings is 2. The molecular weight excluding hydrogens is 378 g/mol. The van der Waals surface area contributed by atoms with Gasteiger partial charge in [-0.1, -0.05) is 36.8 Å². The first kappa shape index (κ1) is 20.4. The number of aromatic hydroxyl groups is 2. The lowest BCUT2D eigenvalue weighted by Gasteiger charge is -2.36. The van der Waals surface area contributed by atoms with Crippen LogP contribution in [0, 0.1) is 0 Å². The van der Waals surface area contributed by atoms with Crippen LogP contribution in [0.1, 0.15) is 58.0 Å². The maximum absolute atomic E-state index is 12.5. The molecule has 1 aliphatic carbocycles. The van der Waals surface area contributed by atoms with E-state index in [1.165, 1.54) is 17.7 Å². The highest BCUT2D eigenvalue weighted by Gasteiger charge is 2.32. The first-order valence-corrected chi connectivity index (χ1v) is 10.6. The van der Waals surface area contributed by atoms with Gasteiger partial charge in [0.05, 0.1) is 11.1 Å². The van der Waals surface area contributed by atoms with E-state index in [0.29, 0.717) is 12.0 Å². The number of hydrogen-bond donors (Lipinski definition) is 2. The minimum Gasteiger partial charge on any atom is -0.507 e. The first-order valence-electron chi connectivity index (χ1n) is 10.6. The highest BCUT2D eigenvalue weighted by Crippen LogP contribution is 2.39. The number of phenolic OH excluding ortho intramolecular Hbond substituents is 2. The molecule has 30 heavy (non-hydrogen) atoms. The normalized spacial score (nSPS) is 19.5. The van der Waals surface area contributed by atoms with Crippen LogP contribution in [-0.2, 0) is 12.8 Å². The van der Waals surface area contributed by atoms with Gasteiger partial charge in [-0.05, 0) is 62.4 Å². The maximum atomic E-state index is 12.5. The molecule has 4 rings (SSSR count). The third-order valence-electron chi connectivity index (χ3n) is 6.27. The highest BCUT2D eigenvalue weighted by molar-refractivity contribution is 6.26. The number of phenols is 2. The van der Waals surface area contributed by atoms with Crippen molar-refractivity contribution in [2.45, 2.75) is 45.1 Å². The Morgan fingerprint density at radius 1 is 1.07 bits per heavy atom. The molecular formula is C25H27NO4. The predicted octanol–water partition coefficient (Wildman–Crippen LogP) is 4.06. The van der Waals surface area contributed by atoms with Crippen molar-refractivity contribution < 1.29 is 19.8 Å². The molecule has 1 saturated heterocycles. The van der Waals surface area contributed by atoms with E-state index in [4.69, 9.17) is 0 Å². The third kappa shape index (κ3) is 3.90. The number of nitrogens with zero attached hydrogens (tertiary/aromatic N) is 1. The lowest BCUT2D eigenvalue weighted by molar-refractivity contribution is 0.0979. The fourth-order valence-electron chi connectivity index (χ4n) is 4.63. The number of carbonyl (C=O) groups excluding carboxylic acids is 2. The van der Waals surface area contributed by atoms with Crippen LogP contribution < -0.4 is 0 Å². The molecule has 2 aliphatic rings. The van der Waals surface area contributed by atoms with Gasteiger partial charge in [-0.2, -0.15) is 0 Å². The second-order valence-electron chi connectivity index (χ2n) is 8.30. The Bertz CT molecular complexity index is 1010. The molecule has 5 nitrogen and oxygen atoms in total. The fourth-order valence-corrected chi connectivity index (χ4v) is 4.63. The van der Waals surface area contributed by atoms with Gasteiger partial charge in [0.1, 0.15) is 11.5 Å². The first-order chi connectivity index (χ1) is 14.5. The van der Waals surface area contributed by atoms with Crippen molar-refractivity contribution in [1.82, 2.24) is 4.90 Å². The van der Waals surface area contributed by atoms with Gasteiger partial charge >= 0.3 is 0 Å². The van der Waals surface area contributed by atoms with Gasteiger partial charge in [0.25, 0.3) is 0 Å². The Balaban J connectivity index is 1.57. The average Bonchev–Trinajstić information content (AvgIpc) is 2.74. The van der Waals surface area contributed by atoms with Crippen molar-refractivity contribution >= 4 is 11.6 Å². The standard InChI is InChI=1S/C25H27NO4/c1-16-13-20(27)23-22(24(16)29)21(28)15-18(25(23)30)14-19-9-5-6-11-26(19)12-10-17-7-3-2-4-8-17/h2-4,7-8,13,15,19,28,30H,5-6,9-12,14H2,1H3. The van der Waals surface area contributed by atoms with Crippen LogP contribution >= 0.6 is 0 Å². The van der Waals surface area contributed by atoms with Crippen molar-refractivity contribution in [3.05, 3.63) is 70.3 Å². The zero-order valence-corrected chi connectivity index (χ0v) is 17.2. The van der Waals surface area contributed by atoms with E-state index in [0.717, 1.165) is 38.8 Å². The zero-order chi connectivity index (χ0) is 21.3. The lowest BCUT2D eigenvalue weighted by Crippen LogP contribution is -2.42. The maximum Gasteiger partial charge on any atom is 0.193 e. The summed E-state index contributed by atoms with van der Waals surface area (Å²) in [5.74, 6) is -1.24. The van der Waals surface area contributed by atoms with Crippen LogP contribution in [-0.4, -0.2) is 45.8 Å². The molecule has 156 valence electrons. The number of allylic oxidation sites excluding steroid dienone is 2. The largest absolute Gasteiger partial charge is 0.507 e. The van der Waals surface area contributed by atoms with Crippen molar-refractivity contribution in [3.8, 4) is 11.5 Å². The molecule has 2 N–H and O–H groups in total. The van der Waals surface area contributed by atoms with Gasteiger partial charge < -0.3 is 10.2 Å². The van der Waals surface area contributed by atoms with E-state index in [9.17, 15) is 19.8 Å². The summed E-state index contributed by atoms with van der Waals surface area (Å²) < 4.78 is 0. The smallest absolute Gasteiger partial charge is 0.193 e. The molecule has 1 heterocycles. The van der Waals surface area contributed by atoms with E-state index < -0.39 is 11.6 Å². The number of piperidine rings is 1. The highest BCUT2D eigenvalue weighted by atomic mass is 16.3. The van der Waals surface area contributed by atoms with Gasteiger partial charge in [0.2, 0.25) is 0 Å². The Kier molecular flexibility index (Phi) is 5.73. The van der Waals surface area contributed by atoms with Crippen LogP contribution in [0.5, 0.6) is 11.5 Å². The zero-order valence-electron chi connectivity index (χ0n) is 17.2. The number of Topliss-reactive ketones (excluding diaryl/α,β-unsaturated/α-hetero) is 1.